The number of piperidine rings is 1. The number of nitrogens with zero attached hydrogens (tertiary/aromatic N) is 3. The van der Waals surface area contributed by atoms with Gasteiger partial charge in [-0.2, -0.15) is 5.10 Å². The normalized spacial score (nSPS) is 17.5. The van der Waals surface area contributed by atoms with E-state index in [1.807, 2.05) is 0 Å². The minimum Gasteiger partial charge on any atom is -0.355 e. The van der Waals surface area contributed by atoms with Gasteiger partial charge >= 0.3 is 0 Å². The van der Waals surface area contributed by atoms with E-state index in [0.29, 0.717) is 38.2 Å². The summed E-state index contributed by atoms with van der Waals surface area (Å²) in [4.78, 5) is 16.0. The van der Waals surface area contributed by atoms with E-state index in [1.54, 1.807) is 6.92 Å². The van der Waals surface area contributed by atoms with Gasteiger partial charge in [-0.1, -0.05) is 11.8 Å². The summed E-state index contributed by atoms with van der Waals surface area (Å²) in [5.41, 5.74) is 0. The number of rotatable bonds is 7. The third-order valence-electron chi connectivity index (χ3n) is 3.62. The van der Waals surface area contributed by atoms with Crippen molar-refractivity contribution in [2.75, 3.05) is 31.1 Å². The lowest BCUT2D eigenvalue weighted by atomic mass is 9.97. The minimum atomic E-state index is -3.13. The Labute approximate surface area is 134 Å². The van der Waals surface area contributed by atoms with E-state index in [4.69, 9.17) is 0 Å². The first kappa shape index (κ1) is 17.2. The SMILES string of the molecule is CCS(=O)(=O)N1CCC(C(=O)NCCSc2ncn[nH]2)CC1. The van der Waals surface area contributed by atoms with Crippen LogP contribution in [0.25, 0.3) is 0 Å². The predicted octanol–water partition coefficient (Wildman–Crippen LogP) is 0.0747. The van der Waals surface area contributed by atoms with Crippen molar-refractivity contribution in [1.82, 2.24) is 24.8 Å². The lowest BCUT2D eigenvalue weighted by Crippen LogP contribution is -2.43. The molecule has 8 nitrogen and oxygen atoms in total. The van der Waals surface area contributed by atoms with E-state index in [-0.39, 0.29) is 17.6 Å². The standard InChI is InChI=1S/C12H21N5O3S2/c1-2-22(19,20)17-6-3-10(4-7-17)11(18)13-5-8-21-12-14-9-15-16-12/h9-10H,2-8H2,1H3,(H,13,18)(H,14,15,16). The molecule has 0 aromatic carbocycles. The van der Waals surface area contributed by atoms with Crippen LogP contribution in [0.1, 0.15) is 19.8 Å². The highest BCUT2D eigenvalue weighted by molar-refractivity contribution is 7.99. The molecule has 0 atom stereocenters. The number of hydrogen-bond donors (Lipinski definition) is 2. The summed E-state index contributed by atoms with van der Waals surface area (Å²) >= 11 is 1.49. The molecular formula is C12H21N5O3S2. The maximum Gasteiger partial charge on any atom is 0.223 e. The van der Waals surface area contributed by atoms with Gasteiger partial charge in [-0.05, 0) is 19.8 Å². The van der Waals surface area contributed by atoms with E-state index in [0.717, 1.165) is 5.16 Å². The number of nitrogens with one attached hydrogen (secondary N) is 2. The average molecular weight is 347 g/mol. The van der Waals surface area contributed by atoms with Crippen LogP contribution in [0.15, 0.2) is 11.5 Å². The molecule has 2 N–H and O–H groups in total. The van der Waals surface area contributed by atoms with Crippen LogP contribution >= 0.6 is 11.8 Å². The molecule has 1 amide bonds. The first-order chi connectivity index (χ1) is 10.5. The zero-order valence-electron chi connectivity index (χ0n) is 12.5. The van der Waals surface area contributed by atoms with Crippen LogP contribution < -0.4 is 5.32 Å². The Morgan fingerprint density at radius 3 is 2.82 bits per heavy atom. The van der Waals surface area contributed by atoms with Crippen molar-refractivity contribution in [3.8, 4) is 0 Å². The Morgan fingerprint density at radius 1 is 1.50 bits per heavy atom. The van der Waals surface area contributed by atoms with Gasteiger partial charge in [0.2, 0.25) is 15.9 Å². The van der Waals surface area contributed by atoms with Crippen LogP contribution in [0.4, 0.5) is 0 Å². The molecule has 0 unspecified atom stereocenters. The Balaban J connectivity index is 1.67. The summed E-state index contributed by atoms with van der Waals surface area (Å²) < 4.78 is 25.0. The molecule has 0 bridgehead atoms. The number of aromatic nitrogens is 3. The molecule has 2 heterocycles. The maximum atomic E-state index is 12.1. The number of hydrogen-bond acceptors (Lipinski definition) is 6. The highest BCUT2D eigenvalue weighted by Crippen LogP contribution is 2.20. The number of amides is 1. The summed E-state index contributed by atoms with van der Waals surface area (Å²) in [5, 5.41) is 10.1. The number of aromatic amines is 1. The molecule has 1 saturated heterocycles. The van der Waals surface area contributed by atoms with Crippen molar-refractivity contribution in [2.45, 2.75) is 24.9 Å². The molecule has 0 saturated carbocycles. The van der Waals surface area contributed by atoms with Gasteiger partial charge in [0.25, 0.3) is 0 Å². The van der Waals surface area contributed by atoms with Crippen LogP contribution in [0.3, 0.4) is 0 Å². The molecule has 1 fully saturated rings. The molecule has 0 radical (unpaired) electrons. The fourth-order valence-electron chi connectivity index (χ4n) is 2.31. The Hall–Kier alpha value is -1.13. The molecule has 1 aromatic heterocycles. The number of sulfonamides is 1. The van der Waals surface area contributed by atoms with Gasteiger partial charge in [-0.3, -0.25) is 9.89 Å². The monoisotopic (exact) mass is 347 g/mol. The predicted molar refractivity (Wildman–Crippen MR) is 83.9 cm³/mol. The van der Waals surface area contributed by atoms with Crippen molar-refractivity contribution in [1.29, 1.82) is 0 Å². The first-order valence-electron chi connectivity index (χ1n) is 7.26. The highest BCUT2D eigenvalue weighted by atomic mass is 32.2. The molecule has 2 rings (SSSR count). The topological polar surface area (TPSA) is 108 Å². The summed E-state index contributed by atoms with van der Waals surface area (Å²) in [7, 11) is -3.13. The Bertz CT molecular complexity index is 568. The van der Waals surface area contributed by atoms with Crippen LogP contribution in [-0.2, 0) is 14.8 Å². The van der Waals surface area contributed by atoms with E-state index in [2.05, 4.69) is 20.5 Å². The lowest BCUT2D eigenvalue weighted by Gasteiger charge is -2.30. The first-order valence-corrected chi connectivity index (χ1v) is 9.86. The summed E-state index contributed by atoms with van der Waals surface area (Å²) in [5.74, 6) is 0.734. The molecule has 1 aliphatic heterocycles. The number of carbonyl (C=O) groups excluding carboxylic acids is 1. The second kappa shape index (κ2) is 7.93. The van der Waals surface area contributed by atoms with Crippen molar-refractivity contribution in [3.63, 3.8) is 0 Å². The molecular weight excluding hydrogens is 326 g/mol. The van der Waals surface area contributed by atoms with Crippen LogP contribution in [0.5, 0.6) is 0 Å². The second-order valence-corrected chi connectivity index (χ2v) is 8.35. The quantitative estimate of drug-likeness (QED) is 0.534. The zero-order chi connectivity index (χ0) is 16.0. The molecule has 124 valence electrons. The Morgan fingerprint density at radius 2 is 2.23 bits per heavy atom. The third kappa shape index (κ3) is 4.68. The highest BCUT2D eigenvalue weighted by Gasteiger charge is 2.29. The van der Waals surface area contributed by atoms with Gasteiger partial charge < -0.3 is 5.32 Å². The van der Waals surface area contributed by atoms with Crippen LogP contribution in [-0.4, -0.2) is 65.0 Å². The van der Waals surface area contributed by atoms with Gasteiger partial charge in [0.05, 0.1) is 5.75 Å². The molecule has 10 heteroatoms. The van der Waals surface area contributed by atoms with Crippen molar-refractivity contribution in [3.05, 3.63) is 6.33 Å². The van der Waals surface area contributed by atoms with Crippen LogP contribution in [0.2, 0.25) is 0 Å². The number of H-pyrrole nitrogens is 1. The van der Waals surface area contributed by atoms with Crippen molar-refractivity contribution >= 4 is 27.7 Å². The van der Waals surface area contributed by atoms with Gasteiger partial charge in [0.15, 0.2) is 5.16 Å². The smallest absolute Gasteiger partial charge is 0.223 e. The maximum absolute atomic E-state index is 12.1. The van der Waals surface area contributed by atoms with Crippen LogP contribution in [0, 0.1) is 5.92 Å². The van der Waals surface area contributed by atoms with E-state index in [1.165, 1.54) is 22.4 Å². The summed E-state index contributed by atoms with van der Waals surface area (Å²) in [6, 6.07) is 0. The Kier molecular flexibility index (Phi) is 6.21. The van der Waals surface area contributed by atoms with Crippen molar-refractivity contribution in [2.24, 2.45) is 5.92 Å². The average Bonchev–Trinajstić information content (AvgIpc) is 3.05. The summed E-state index contributed by atoms with van der Waals surface area (Å²) in [6.45, 7) is 3.06. The molecule has 1 aromatic rings. The zero-order valence-corrected chi connectivity index (χ0v) is 14.1. The van der Waals surface area contributed by atoms with E-state index in [9.17, 15) is 13.2 Å². The summed E-state index contributed by atoms with van der Waals surface area (Å²) in [6.07, 6.45) is 2.61. The van der Waals surface area contributed by atoms with Gasteiger partial charge in [-0.25, -0.2) is 17.7 Å². The lowest BCUT2D eigenvalue weighted by molar-refractivity contribution is -0.125. The number of thioether (sulfide) groups is 1. The minimum absolute atomic E-state index is 0.00622. The fourth-order valence-corrected chi connectivity index (χ4v) is 4.08. The second-order valence-electron chi connectivity index (χ2n) is 5.00. The van der Waals surface area contributed by atoms with Gasteiger partial charge in [-0.15, -0.1) is 0 Å². The van der Waals surface area contributed by atoms with Gasteiger partial charge in [0.1, 0.15) is 6.33 Å². The molecule has 1 aliphatic rings. The number of carbonyl (C=O) groups is 1. The molecule has 0 aliphatic carbocycles. The largest absolute Gasteiger partial charge is 0.355 e. The van der Waals surface area contributed by atoms with Gasteiger partial charge in [0, 0.05) is 31.3 Å². The van der Waals surface area contributed by atoms with E-state index < -0.39 is 10.0 Å². The molecule has 22 heavy (non-hydrogen) atoms. The third-order valence-corrected chi connectivity index (χ3v) is 6.38. The van der Waals surface area contributed by atoms with Crippen molar-refractivity contribution < 1.29 is 13.2 Å². The van der Waals surface area contributed by atoms with E-state index >= 15 is 0 Å². The fraction of sp³-hybridized carbons (Fsp3) is 0.750. The molecule has 0 spiro atoms.